The number of ether oxygens (including phenoxy) is 1. The van der Waals surface area contributed by atoms with Crippen molar-refractivity contribution in [1.82, 2.24) is 0 Å². The summed E-state index contributed by atoms with van der Waals surface area (Å²) in [6.45, 7) is 3.32. The molecular weight excluding hydrogens is 390 g/mol. The Kier molecular flexibility index (Phi) is 8.35. The lowest BCUT2D eigenvalue weighted by Gasteiger charge is -2.07. The van der Waals surface area contributed by atoms with Gasteiger partial charge in [-0.25, -0.2) is 0 Å². The van der Waals surface area contributed by atoms with E-state index in [1.165, 1.54) is 11.1 Å². The quantitative estimate of drug-likeness (QED) is 0.620. The number of aliphatic hydroxyl groups is 1. The van der Waals surface area contributed by atoms with Gasteiger partial charge in [-0.05, 0) is 47.9 Å². The molecule has 0 radical (unpaired) electrons. The zero-order valence-electron chi connectivity index (χ0n) is 14.9. The Labute approximate surface area is 163 Å². The van der Waals surface area contributed by atoms with Gasteiger partial charge in [0.1, 0.15) is 12.4 Å². The van der Waals surface area contributed by atoms with Crippen LogP contribution in [-0.4, -0.2) is 5.11 Å². The van der Waals surface area contributed by atoms with E-state index in [4.69, 9.17) is 15.6 Å². The summed E-state index contributed by atoms with van der Waals surface area (Å²) in [5.41, 5.74) is 9.85. The minimum Gasteiger partial charge on any atom is -0.489 e. The van der Waals surface area contributed by atoms with Crippen molar-refractivity contribution in [1.29, 1.82) is 0 Å². The predicted molar refractivity (Wildman–Crippen MR) is 110 cm³/mol. The highest BCUT2D eigenvalue weighted by Gasteiger charge is 1.96. The molecular formula is C22H24BrNO2. The Bertz CT molecular complexity index is 769. The third-order valence-corrected chi connectivity index (χ3v) is 4.31. The van der Waals surface area contributed by atoms with Crippen LogP contribution in [0.4, 0.5) is 0 Å². The molecule has 0 unspecified atom stereocenters. The molecule has 0 aliphatic rings. The van der Waals surface area contributed by atoms with Gasteiger partial charge in [0.15, 0.2) is 0 Å². The summed E-state index contributed by atoms with van der Waals surface area (Å²) < 4.78 is 6.75. The Morgan fingerprint density at radius 1 is 0.808 bits per heavy atom. The van der Waals surface area contributed by atoms with Crippen molar-refractivity contribution in [2.24, 2.45) is 5.73 Å². The maximum absolute atomic E-state index is 8.92. The van der Waals surface area contributed by atoms with Gasteiger partial charge in [-0.3, -0.25) is 0 Å². The monoisotopic (exact) mass is 413 g/mol. The third-order valence-electron chi connectivity index (χ3n) is 3.78. The average molecular weight is 414 g/mol. The standard InChI is InChI=1S/C15H16O2.C7H8BrN/c1-12-2-4-14(5-3-12)11-17-15-8-6-13(10-16)7-9-15;8-7-3-1-6(5-9)2-4-7/h2-9,16H,10-11H2,1H3;1-4H,5,9H2. The summed E-state index contributed by atoms with van der Waals surface area (Å²) in [6, 6.07) is 23.8. The minimum absolute atomic E-state index is 0.0677. The summed E-state index contributed by atoms with van der Waals surface area (Å²) in [4.78, 5) is 0. The fourth-order valence-corrected chi connectivity index (χ4v) is 2.43. The molecule has 3 nitrogen and oxygen atoms in total. The molecule has 0 spiro atoms. The van der Waals surface area contributed by atoms with Crippen LogP contribution < -0.4 is 10.5 Å². The summed E-state index contributed by atoms with van der Waals surface area (Å²) in [5, 5.41) is 8.92. The van der Waals surface area contributed by atoms with Crippen molar-refractivity contribution < 1.29 is 9.84 Å². The van der Waals surface area contributed by atoms with E-state index in [1.54, 1.807) is 0 Å². The van der Waals surface area contributed by atoms with Crippen LogP contribution in [0, 0.1) is 6.92 Å². The molecule has 0 heterocycles. The molecule has 0 saturated carbocycles. The topological polar surface area (TPSA) is 55.5 Å². The Balaban J connectivity index is 0.000000228. The first-order valence-corrected chi connectivity index (χ1v) is 9.22. The zero-order valence-corrected chi connectivity index (χ0v) is 16.4. The highest BCUT2D eigenvalue weighted by atomic mass is 79.9. The van der Waals surface area contributed by atoms with E-state index in [0.717, 1.165) is 21.3 Å². The van der Waals surface area contributed by atoms with Gasteiger partial charge in [-0.15, -0.1) is 0 Å². The Hall–Kier alpha value is -2.14. The van der Waals surface area contributed by atoms with Gasteiger partial charge in [-0.2, -0.15) is 0 Å². The van der Waals surface area contributed by atoms with E-state index in [2.05, 4.69) is 47.1 Å². The van der Waals surface area contributed by atoms with Gasteiger partial charge in [0.25, 0.3) is 0 Å². The maximum atomic E-state index is 8.92. The van der Waals surface area contributed by atoms with E-state index in [1.807, 2.05) is 48.5 Å². The van der Waals surface area contributed by atoms with Crippen LogP contribution in [0.25, 0.3) is 0 Å². The first-order chi connectivity index (χ1) is 12.6. The molecule has 3 N–H and O–H groups in total. The van der Waals surface area contributed by atoms with Crippen molar-refractivity contribution in [2.75, 3.05) is 0 Å². The van der Waals surface area contributed by atoms with Crippen molar-refractivity contribution in [3.63, 3.8) is 0 Å². The minimum atomic E-state index is 0.0677. The van der Waals surface area contributed by atoms with Crippen LogP contribution in [0.3, 0.4) is 0 Å². The molecule has 0 fully saturated rings. The molecule has 26 heavy (non-hydrogen) atoms. The number of aryl methyl sites for hydroxylation is 1. The SMILES string of the molecule is Cc1ccc(COc2ccc(CO)cc2)cc1.NCc1ccc(Br)cc1. The van der Waals surface area contributed by atoms with Gasteiger partial charge < -0.3 is 15.6 Å². The normalized spacial score (nSPS) is 10.0. The van der Waals surface area contributed by atoms with Gasteiger partial charge in [0.05, 0.1) is 6.61 Å². The fourth-order valence-electron chi connectivity index (χ4n) is 2.16. The van der Waals surface area contributed by atoms with E-state index in [0.29, 0.717) is 13.2 Å². The average Bonchev–Trinajstić information content (AvgIpc) is 2.69. The van der Waals surface area contributed by atoms with Gasteiger partial charge in [-0.1, -0.05) is 70.0 Å². The first kappa shape index (κ1) is 20.2. The number of benzene rings is 3. The van der Waals surface area contributed by atoms with Crippen LogP contribution in [0.15, 0.2) is 77.3 Å². The molecule has 0 atom stereocenters. The molecule has 0 saturated heterocycles. The fraction of sp³-hybridized carbons (Fsp3) is 0.182. The lowest BCUT2D eigenvalue weighted by atomic mass is 10.2. The molecule has 0 amide bonds. The highest BCUT2D eigenvalue weighted by Crippen LogP contribution is 2.14. The maximum Gasteiger partial charge on any atom is 0.119 e. The number of halogens is 1. The van der Waals surface area contributed by atoms with Crippen LogP contribution in [-0.2, 0) is 19.8 Å². The summed E-state index contributed by atoms with van der Waals surface area (Å²) in [7, 11) is 0. The van der Waals surface area contributed by atoms with E-state index in [-0.39, 0.29) is 6.61 Å². The highest BCUT2D eigenvalue weighted by molar-refractivity contribution is 9.10. The lowest BCUT2D eigenvalue weighted by Crippen LogP contribution is -1.95. The van der Waals surface area contributed by atoms with Crippen LogP contribution in [0.2, 0.25) is 0 Å². The molecule has 3 rings (SSSR count). The second kappa shape index (κ2) is 10.8. The molecule has 0 aromatic heterocycles. The van der Waals surface area contributed by atoms with E-state index >= 15 is 0 Å². The van der Waals surface area contributed by atoms with Gasteiger partial charge in [0, 0.05) is 11.0 Å². The number of rotatable bonds is 5. The molecule has 0 bridgehead atoms. The van der Waals surface area contributed by atoms with Gasteiger partial charge >= 0.3 is 0 Å². The van der Waals surface area contributed by atoms with Crippen molar-refractivity contribution in [2.45, 2.75) is 26.7 Å². The third kappa shape index (κ3) is 7.00. The molecule has 0 aliphatic carbocycles. The summed E-state index contributed by atoms with van der Waals surface area (Å²) >= 11 is 3.33. The van der Waals surface area contributed by atoms with Crippen molar-refractivity contribution in [3.8, 4) is 5.75 Å². The smallest absolute Gasteiger partial charge is 0.119 e. The Morgan fingerprint density at radius 3 is 1.88 bits per heavy atom. The predicted octanol–water partition coefficient (Wildman–Crippen LogP) is 4.97. The zero-order chi connectivity index (χ0) is 18.8. The second-order valence-corrected chi connectivity index (χ2v) is 6.82. The summed E-state index contributed by atoms with van der Waals surface area (Å²) in [5.74, 6) is 0.822. The van der Waals surface area contributed by atoms with Crippen LogP contribution >= 0.6 is 15.9 Å². The lowest BCUT2D eigenvalue weighted by molar-refractivity contribution is 0.280. The molecule has 136 valence electrons. The molecule has 4 heteroatoms. The van der Waals surface area contributed by atoms with Crippen molar-refractivity contribution in [3.05, 3.63) is 99.5 Å². The van der Waals surface area contributed by atoms with Crippen molar-refractivity contribution >= 4 is 15.9 Å². The number of nitrogens with two attached hydrogens (primary N) is 1. The van der Waals surface area contributed by atoms with E-state index in [9.17, 15) is 0 Å². The van der Waals surface area contributed by atoms with E-state index < -0.39 is 0 Å². The second-order valence-electron chi connectivity index (χ2n) is 5.91. The summed E-state index contributed by atoms with van der Waals surface area (Å²) in [6.07, 6.45) is 0. The molecule has 3 aromatic carbocycles. The number of aliphatic hydroxyl groups excluding tert-OH is 1. The molecule has 3 aromatic rings. The Morgan fingerprint density at radius 2 is 1.35 bits per heavy atom. The van der Waals surface area contributed by atoms with Gasteiger partial charge in [0.2, 0.25) is 0 Å². The number of hydrogen-bond donors (Lipinski definition) is 2. The van der Waals surface area contributed by atoms with Crippen LogP contribution in [0.1, 0.15) is 22.3 Å². The first-order valence-electron chi connectivity index (χ1n) is 8.43. The number of hydrogen-bond acceptors (Lipinski definition) is 3. The largest absolute Gasteiger partial charge is 0.489 e. The van der Waals surface area contributed by atoms with Crippen LogP contribution in [0.5, 0.6) is 5.75 Å². The molecule has 0 aliphatic heterocycles.